The molecule has 1 aromatic rings. The van der Waals surface area contributed by atoms with Gasteiger partial charge in [-0.1, -0.05) is 11.6 Å². The number of nitrogens with one attached hydrogen (secondary N) is 1. The Morgan fingerprint density at radius 3 is 2.59 bits per heavy atom. The van der Waals surface area contributed by atoms with Gasteiger partial charge in [-0.05, 0) is 52.6 Å². The zero-order valence-corrected chi connectivity index (χ0v) is 13.4. The van der Waals surface area contributed by atoms with Crippen LogP contribution >= 0.6 is 43.5 Å². The van der Waals surface area contributed by atoms with E-state index in [0.29, 0.717) is 19.8 Å². The highest BCUT2D eigenvalue weighted by molar-refractivity contribution is 9.11. The molecular weight excluding hydrogens is 375 g/mol. The summed E-state index contributed by atoms with van der Waals surface area (Å²) in [5.41, 5.74) is -0.560. The summed E-state index contributed by atoms with van der Waals surface area (Å²) in [7, 11) is 0. The predicted octanol–water partition coefficient (Wildman–Crippen LogP) is 4.61. The number of nitrogens with zero attached hydrogens (tertiary/aromatic N) is 1. The van der Waals surface area contributed by atoms with E-state index in [1.165, 1.54) is 6.20 Å². The fourth-order valence-corrected chi connectivity index (χ4v) is 2.05. The molecule has 0 aliphatic rings. The van der Waals surface area contributed by atoms with Crippen LogP contribution in [-0.4, -0.2) is 16.7 Å². The lowest BCUT2D eigenvalue weighted by atomic mass is 10.2. The molecule has 17 heavy (non-hydrogen) atoms. The number of amides is 1. The Morgan fingerprint density at radius 1 is 1.47 bits per heavy atom. The lowest BCUT2D eigenvalue weighted by Gasteiger charge is -2.19. The Morgan fingerprint density at radius 2 is 2.06 bits per heavy atom. The van der Waals surface area contributed by atoms with Crippen LogP contribution in [0.25, 0.3) is 0 Å². The van der Waals surface area contributed by atoms with Crippen LogP contribution in [0.3, 0.4) is 0 Å². The molecule has 94 valence electrons. The first-order chi connectivity index (χ1) is 7.70. The molecule has 4 nitrogen and oxygen atoms in total. The first-order valence-electron chi connectivity index (χ1n) is 4.70. The number of ether oxygens (including phenoxy) is 1. The van der Waals surface area contributed by atoms with Crippen molar-refractivity contribution in [2.24, 2.45) is 0 Å². The maximum Gasteiger partial charge on any atom is 0.413 e. The molecule has 1 amide bonds. The highest BCUT2D eigenvalue weighted by Crippen LogP contribution is 2.34. The number of aromatic nitrogens is 1. The van der Waals surface area contributed by atoms with E-state index in [1.807, 2.05) is 0 Å². The second kappa shape index (κ2) is 5.54. The molecule has 0 spiro atoms. The van der Waals surface area contributed by atoms with E-state index in [2.05, 4.69) is 42.2 Å². The molecule has 1 aromatic heterocycles. The Hall–Kier alpha value is -0.330. The Labute approximate surface area is 121 Å². The summed E-state index contributed by atoms with van der Waals surface area (Å²) < 4.78 is 6.24. The van der Waals surface area contributed by atoms with E-state index < -0.39 is 11.7 Å². The molecule has 0 radical (unpaired) electrons. The van der Waals surface area contributed by atoms with E-state index >= 15 is 0 Å². The molecule has 1 rings (SSSR count). The zero-order valence-electron chi connectivity index (χ0n) is 9.47. The second-order valence-electron chi connectivity index (χ2n) is 4.21. The van der Waals surface area contributed by atoms with Gasteiger partial charge < -0.3 is 4.74 Å². The minimum absolute atomic E-state index is 0.312. The Balaban J connectivity index is 2.83. The molecule has 1 heterocycles. The number of halogens is 3. The third kappa shape index (κ3) is 4.44. The molecule has 0 aromatic carbocycles. The normalized spacial score (nSPS) is 11.2. The summed E-state index contributed by atoms with van der Waals surface area (Å²) in [5.74, 6) is 0.312. The van der Waals surface area contributed by atoms with Crippen LogP contribution < -0.4 is 5.32 Å². The molecule has 0 saturated carbocycles. The predicted molar refractivity (Wildman–Crippen MR) is 74.5 cm³/mol. The first-order valence-corrected chi connectivity index (χ1v) is 6.66. The van der Waals surface area contributed by atoms with Crippen LogP contribution in [0.4, 0.5) is 10.6 Å². The van der Waals surface area contributed by atoms with Gasteiger partial charge in [0.2, 0.25) is 0 Å². The van der Waals surface area contributed by atoms with Crippen molar-refractivity contribution in [3.8, 4) is 0 Å². The van der Waals surface area contributed by atoms with Gasteiger partial charge >= 0.3 is 6.09 Å². The fraction of sp³-hybridized carbons (Fsp3) is 0.400. The number of hydrogen-bond acceptors (Lipinski definition) is 3. The maximum atomic E-state index is 11.5. The van der Waals surface area contributed by atoms with Gasteiger partial charge in [-0.15, -0.1) is 0 Å². The highest BCUT2D eigenvalue weighted by atomic mass is 79.9. The molecule has 0 fully saturated rings. The van der Waals surface area contributed by atoms with Gasteiger partial charge in [-0.2, -0.15) is 0 Å². The topological polar surface area (TPSA) is 51.2 Å². The van der Waals surface area contributed by atoms with Crippen molar-refractivity contribution in [2.45, 2.75) is 26.4 Å². The van der Waals surface area contributed by atoms with Gasteiger partial charge in [0.05, 0.1) is 14.0 Å². The largest absolute Gasteiger partial charge is 0.444 e. The van der Waals surface area contributed by atoms with Gasteiger partial charge in [0, 0.05) is 6.20 Å². The maximum absolute atomic E-state index is 11.5. The van der Waals surface area contributed by atoms with E-state index in [0.717, 1.165) is 0 Å². The third-order valence-electron chi connectivity index (χ3n) is 1.54. The molecule has 0 bridgehead atoms. The minimum Gasteiger partial charge on any atom is -0.444 e. The summed E-state index contributed by atoms with van der Waals surface area (Å²) in [6.45, 7) is 5.34. The van der Waals surface area contributed by atoms with E-state index in [4.69, 9.17) is 16.3 Å². The third-order valence-corrected chi connectivity index (χ3v) is 3.76. The van der Waals surface area contributed by atoms with Crippen molar-refractivity contribution in [2.75, 3.05) is 5.32 Å². The second-order valence-corrected chi connectivity index (χ2v) is 6.23. The number of hydrogen-bond donors (Lipinski definition) is 1. The van der Waals surface area contributed by atoms with Crippen molar-refractivity contribution in [1.82, 2.24) is 4.98 Å². The lowest BCUT2D eigenvalue weighted by molar-refractivity contribution is 0.0635. The average molecular weight is 386 g/mol. The summed E-state index contributed by atoms with van der Waals surface area (Å²) in [6.07, 6.45) is 0.920. The van der Waals surface area contributed by atoms with Crippen LogP contribution in [0.1, 0.15) is 20.8 Å². The number of anilines is 1. The molecule has 1 N–H and O–H groups in total. The van der Waals surface area contributed by atoms with Crippen LogP contribution in [0, 0.1) is 0 Å². The summed E-state index contributed by atoms with van der Waals surface area (Å²) in [5, 5.41) is 2.95. The minimum atomic E-state index is -0.580. The number of rotatable bonds is 1. The Bertz CT molecular complexity index is 447. The highest BCUT2D eigenvalue weighted by Gasteiger charge is 2.18. The van der Waals surface area contributed by atoms with Crippen LogP contribution in [0.15, 0.2) is 15.1 Å². The van der Waals surface area contributed by atoms with E-state index in [1.54, 1.807) is 20.8 Å². The van der Waals surface area contributed by atoms with Crippen molar-refractivity contribution in [1.29, 1.82) is 0 Å². The van der Waals surface area contributed by atoms with Crippen LogP contribution in [-0.2, 0) is 4.74 Å². The zero-order chi connectivity index (χ0) is 13.2. The van der Waals surface area contributed by atoms with Crippen molar-refractivity contribution in [3.63, 3.8) is 0 Å². The first kappa shape index (κ1) is 14.7. The quantitative estimate of drug-likeness (QED) is 0.767. The number of pyridine rings is 1. The number of carbonyl (C=O) groups is 1. The smallest absolute Gasteiger partial charge is 0.413 e. The molecule has 0 unspecified atom stereocenters. The standard InChI is InChI=1S/C10H11Br2ClN2O2/c1-10(2,3)17-9(16)15-8-6(12)7(13)5(11)4-14-8/h4H,1-3H3,(H,14,15,16). The van der Waals surface area contributed by atoms with Crippen molar-refractivity contribution >= 4 is 55.4 Å². The Kier molecular flexibility index (Phi) is 4.80. The monoisotopic (exact) mass is 384 g/mol. The SMILES string of the molecule is CC(C)(C)OC(=O)Nc1ncc(Br)c(Cl)c1Br. The average Bonchev–Trinajstić information content (AvgIpc) is 2.16. The lowest BCUT2D eigenvalue weighted by Crippen LogP contribution is -2.27. The fourth-order valence-electron chi connectivity index (χ4n) is 0.931. The van der Waals surface area contributed by atoms with Gasteiger partial charge in [-0.3, -0.25) is 5.32 Å². The van der Waals surface area contributed by atoms with Gasteiger partial charge in [0.1, 0.15) is 5.60 Å². The molecule has 0 saturated heterocycles. The van der Waals surface area contributed by atoms with Gasteiger partial charge in [-0.25, -0.2) is 9.78 Å². The molecule has 0 aliphatic heterocycles. The molecular formula is C10H11Br2ClN2O2. The van der Waals surface area contributed by atoms with E-state index in [-0.39, 0.29) is 0 Å². The summed E-state index contributed by atoms with van der Waals surface area (Å²) in [6, 6.07) is 0. The van der Waals surface area contributed by atoms with Gasteiger partial charge in [0.25, 0.3) is 0 Å². The molecule has 0 atom stereocenters. The van der Waals surface area contributed by atoms with Crippen molar-refractivity contribution in [3.05, 3.63) is 20.2 Å². The van der Waals surface area contributed by atoms with Gasteiger partial charge in [0.15, 0.2) is 5.82 Å². The molecule has 0 aliphatic carbocycles. The van der Waals surface area contributed by atoms with Crippen LogP contribution in [0.2, 0.25) is 5.02 Å². The van der Waals surface area contributed by atoms with Crippen LogP contribution in [0.5, 0.6) is 0 Å². The summed E-state index contributed by atoms with van der Waals surface area (Å²) >= 11 is 12.4. The van der Waals surface area contributed by atoms with Crippen molar-refractivity contribution < 1.29 is 9.53 Å². The van der Waals surface area contributed by atoms with E-state index in [9.17, 15) is 4.79 Å². The summed E-state index contributed by atoms with van der Waals surface area (Å²) in [4.78, 5) is 15.5. The number of carbonyl (C=O) groups excluding carboxylic acids is 1. The molecule has 7 heteroatoms.